The Morgan fingerprint density at radius 2 is 1.84 bits per heavy atom. The van der Waals surface area contributed by atoms with Crippen LogP contribution in [0.3, 0.4) is 0 Å². The van der Waals surface area contributed by atoms with Crippen LogP contribution in [0.5, 0.6) is 0 Å². The summed E-state index contributed by atoms with van der Waals surface area (Å²) in [6.45, 7) is 4.73. The van der Waals surface area contributed by atoms with Gasteiger partial charge in [-0.3, -0.25) is 4.90 Å². The zero-order chi connectivity index (χ0) is 20.7. The monoisotopic (exact) mass is 418 g/mol. The van der Waals surface area contributed by atoms with Crippen molar-refractivity contribution < 1.29 is 9.15 Å². The maximum atomic E-state index is 6.27. The standard InChI is InChI=1S/C23H26N6O2/c1-2-4-21(18-10-24-15-25-11-18)20(3-1)17-5-7-28(8-6-17)19-9-23(31-12-19)13-29(14-23)22-27-26-16-30-22/h1-4,10-11,15-17,19H,5-9,12-14H2. The minimum Gasteiger partial charge on any atom is -0.411 e. The fourth-order valence-electron chi connectivity index (χ4n) is 5.49. The lowest BCUT2D eigenvalue weighted by molar-refractivity contribution is -0.0216. The van der Waals surface area contributed by atoms with E-state index in [1.54, 1.807) is 6.33 Å². The number of ether oxygens (including phenoxy) is 1. The van der Waals surface area contributed by atoms with Gasteiger partial charge in [0.2, 0.25) is 6.39 Å². The van der Waals surface area contributed by atoms with Gasteiger partial charge in [-0.2, -0.15) is 0 Å². The van der Waals surface area contributed by atoms with Crippen LogP contribution in [0.1, 0.15) is 30.7 Å². The second kappa shape index (κ2) is 7.69. The summed E-state index contributed by atoms with van der Waals surface area (Å²) in [6.07, 6.45) is 10.2. The van der Waals surface area contributed by atoms with E-state index in [2.05, 4.69) is 54.2 Å². The number of hydrogen-bond acceptors (Lipinski definition) is 8. The van der Waals surface area contributed by atoms with Crippen molar-refractivity contribution in [2.24, 2.45) is 0 Å². The Morgan fingerprint density at radius 1 is 1.03 bits per heavy atom. The molecule has 0 amide bonds. The molecular formula is C23H26N6O2. The summed E-state index contributed by atoms with van der Waals surface area (Å²) in [5.41, 5.74) is 3.74. The zero-order valence-electron chi connectivity index (χ0n) is 17.4. The first-order chi connectivity index (χ1) is 15.3. The molecule has 6 rings (SSSR count). The first kappa shape index (κ1) is 18.9. The van der Waals surface area contributed by atoms with Crippen LogP contribution >= 0.6 is 0 Å². The molecular weight excluding hydrogens is 392 g/mol. The summed E-state index contributed by atoms with van der Waals surface area (Å²) in [5, 5.41) is 7.77. The topological polar surface area (TPSA) is 80.4 Å². The van der Waals surface area contributed by atoms with E-state index in [1.165, 1.54) is 30.4 Å². The minimum absolute atomic E-state index is 0.0457. The zero-order valence-corrected chi connectivity index (χ0v) is 17.4. The van der Waals surface area contributed by atoms with E-state index < -0.39 is 0 Å². The van der Waals surface area contributed by atoms with Crippen LogP contribution in [0, 0.1) is 0 Å². The van der Waals surface area contributed by atoms with E-state index >= 15 is 0 Å². The summed E-state index contributed by atoms with van der Waals surface area (Å²) in [5.74, 6) is 0.570. The lowest BCUT2D eigenvalue weighted by Gasteiger charge is -2.46. The third-order valence-corrected chi connectivity index (χ3v) is 7.08. The average molecular weight is 419 g/mol. The predicted molar refractivity (Wildman–Crippen MR) is 115 cm³/mol. The molecule has 0 N–H and O–H groups in total. The van der Waals surface area contributed by atoms with Crippen molar-refractivity contribution >= 4 is 6.01 Å². The van der Waals surface area contributed by atoms with Crippen molar-refractivity contribution in [1.29, 1.82) is 0 Å². The van der Waals surface area contributed by atoms with Crippen molar-refractivity contribution in [1.82, 2.24) is 25.1 Å². The lowest BCUT2D eigenvalue weighted by atomic mass is 9.84. The average Bonchev–Trinajstić information content (AvgIpc) is 3.49. The van der Waals surface area contributed by atoms with Gasteiger partial charge in [-0.05, 0) is 49.4 Å². The lowest BCUT2D eigenvalue weighted by Crippen LogP contribution is -2.62. The van der Waals surface area contributed by atoms with E-state index in [1.807, 2.05) is 12.4 Å². The van der Waals surface area contributed by atoms with Crippen LogP contribution in [0.25, 0.3) is 11.1 Å². The van der Waals surface area contributed by atoms with Gasteiger partial charge in [0.1, 0.15) is 11.9 Å². The smallest absolute Gasteiger partial charge is 0.318 e. The quantitative estimate of drug-likeness (QED) is 0.640. The highest BCUT2D eigenvalue weighted by Crippen LogP contribution is 2.41. The number of likely N-dealkylation sites (tertiary alicyclic amines) is 1. The van der Waals surface area contributed by atoms with Crippen molar-refractivity contribution in [3.05, 3.63) is 54.9 Å². The second-order valence-corrected chi connectivity index (χ2v) is 8.95. The van der Waals surface area contributed by atoms with Gasteiger partial charge in [0, 0.05) is 24.0 Å². The SMILES string of the molecule is c1ccc(C2CCN(C3COC4(C3)CN(c3nnco3)C4)CC2)c(-c2cncnc2)c1. The van der Waals surface area contributed by atoms with Crippen LogP contribution < -0.4 is 4.90 Å². The predicted octanol–water partition coefficient (Wildman–Crippen LogP) is 2.75. The fourth-order valence-corrected chi connectivity index (χ4v) is 5.49. The molecule has 31 heavy (non-hydrogen) atoms. The van der Waals surface area contributed by atoms with Crippen LogP contribution in [-0.4, -0.2) is 69.5 Å². The molecule has 160 valence electrons. The van der Waals surface area contributed by atoms with E-state index in [9.17, 15) is 0 Å². The summed E-state index contributed by atoms with van der Waals surface area (Å²) < 4.78 is 11.6. The summed E-state index contributed by atoms with van der Waals surface area (Å²) in [4.78, 5) is 13.2. The van der Waals surface area contributed by atoms with Crippen molar-refractivity contribution in [3.63, 3.8) is 0 Å². The van der Waals surface area contributed by atoms with Gasteiger partial charge in [0.25, 0.3) is 0 Å². The Bertz CT molecular complexity index is 1010. The van der Waals surface area contributed by atoms with Crippen LogP contribution in [-0.2, 0) is 4.74 Å². The first-order valence-corrected chi connectivity index (χ1v) is 11.0. The number of rotatable bonds is 4. The number of benzene rings is 1. The van der Waals surface area contributed by atoms with Crippen molar-refractivity contribution in [2.45, 2.75) is 36.8 Å². The Hall–Kier alpha value is -2.84. The molecule has 8 nitrogen and oxygen atoms in total. The number of nitrogens with zero attached hydrogens (tertiary/aromatic N) is 6. The molecule has 0 radical (unpaired) electrons. The third-order valence-electron chi connectivity index (χ3n) is 7.08. The van der Waals surface area contributed by atoms with E-state index in [0.717, 1.165) is 44.8 Å². The molecule has 5 heterocycles. The summed E-state index contributed by atoms with van der Waals surface area (Å²) in [7, 11) is 0. The van der Waals surface area contributed by atoms with Gasteiger partial charge in [0.15, 0.2) is 0 Å². The number of anilines is 1. The molecule has 1 aromatic carbocycles. The number of piperidine rings is 1. The van der Waals surface area contributed by atoms with Gasteiger partial charge in [0.05, 0.1) is 19.7 Å². The molecule has 0 aliphatic carbocycles. The van der Waals surface area contributed by atoms with Crippen LogP contribution in [0.2, 0.25) is 0 Å². The molecule has 1 atom stereocenters. The highest BCUT2D eigenvalue weighted by atomic mass is 16.5. The largest absolute Gasteiger partial charge is 0.411 e. The molecule has 0 bridgehead atoms. The van der Waals surface area contributed by atoms with Crippen molar-refractivity contribution in [3.8, 4) is 11.1 Å². The van der Waals surface area contributed by atoms with Gasteiger partial charge in [-0.1, -0.05) is 29.4 Å². The molecule has 1 spiro atoms. The summed E-state index contributed by atoms with van der Waals surface area (Å²) >= 11 is 0. The van der Waals surface area contributed by atoms with Gasteiger partial charge in [-0.25, -0.2) is 9.97 Å². The highest BCUT2D eigenvalue weighted by molar-refractivity contribution is 5.66. The maximum absolute atomic E-state index is 6.27. The first-order valence-electron chi connectivity index (χ1n) is 11.0. The Balaban J connectivity index is 1.08. The molecule has 3 aromatic rings. The number of hydrogen-bond donors (Lipinski definition) is 0. The highest BCUT2D eigenvalue weighted by Gasteiger charge is 2.52. The third kappa shape index (κ3) is 3.49. The molecule has 3 saturated heterocycles. The molecule has 2 aromatic heterocycles. The molecule has 8 heteroatoms. The second-order valence-electron chi connectivity index (χ2n) is 8.95. The Labute approximate surface area is 181 Å². The maximum Gasteiger partial charge on any atom is 0.318 e. The minimum atomic E-state index is -0.0457. The van der Waals surface area contributed by atoms with Crippen LogP contribution in [0.15, 0.2) is 53.8 Å². The van der Waals surface area contributed by atoms with Gasteiger partial charge in [-0.15, -0.1) is 5.10 Å². The molecule has 3 fully saturated rings. The van der Waals surface area contributed by atoms with E-state index in [-0.39, 0.29) is 5.60 Å². The van der Waals surface area contributed by atoms with Gasteiger partial charge < -0.3 is 14.1 Å². The fraction of sp³-hybridized carbons (Fsp3) is 0.478. The molecule has 3 aliphatic rings. The van der Waals surface area contributed by atoms with E-state index in [0.29, 0.717) is 18.0 Å². The van der Waals surface area contributed by atoms with Gasteiger partial charge >= 0.3 is 6.01 Å². The van der Waals surface area contributed by atoms with Crippen LogP contribution in [0.4, 0.5) is 6.01 Å². The van der Waals surface area contributed by atoms with E-state index in [4.69, 9.17) is 9.15 Å². The normalized spacial score (nSPS) is 23.9. The Morgan fingerprint density at radius 3 is 2.61 bits per heavy atom. The number of aromatic nitrogens is 4. The molecule has 1 unspecified atom stereocenters. The molecule has 3 aliphatic heterocycles. The van der Waals surface area contributed by atoms with Crippen molar-refractivity contribution in [2.75, 3.05) is 37.7 Å². The summed E-state index contributed by atoms with van der Waals surface area (Å²) in [6, 6.07) is 9.82. The Kier molecular flexibility index (Phi) is 4.69. The molecule has 0 saturated carbocycles.